The van der Waals surface area contributed by atoms with Gasteiger partial charge in [0, 0.05) is 18.7 Å². The average Bonchev–Trinajstić information content (AvgIpc) is 2.58. The summed E-state index contributed by atoms with van der Waals surface area (Å²) in [5.74, 6) is -2.95. The molecule has 126 valence electrons. The Balaban J connectivity index is 1.87. The van der Waals surface area contributed by atoms with Crippen molar-refractivity contribution in [2.45, 2.75) is 13.3 Å². The number of amides is 2. The number of halogens is 2. The van der Waals surface area contributed by atoms with Crippen LogP contribution in [0.2, 0.25) is 0 Å². The van der Waals surface area contributed by atoms with E-state index < -0.39 is 23.1 Å². The van der Waals surface area contributed by atoms with Crippen molar-refractivity contribution in [2.75, 3.05) is 13.1 Å². The highest BCUT2D eigenvalue weighted by molar-refractivity contribution is 5.96. The van der Waals surface area contributed by atoms with Crippen LogP contribution in [-0.4, -0.2) is 24.9 Å². The van der Waals surface area contributed by atoms with Gasteiger partial charge in [-0.1, -0.05) is 31.2 Å². The zero-order valence-corrected chi connectivity index (χ0v) is 13.2. The first-order valence-electron chi connectivity index (χ1n) is 7.63. The van der Waals surface area contributed by atoms with Crippen LogP contribution in [0.1, 0.15) is 33.2 Å². The van der Waals surface area contributed by atoms with Gasteiger partial charge >= 0.3 is 0 Å². The van der Waals surface area contributed by atoms with Gasteiger partial charge in [-0.3, -0.25) is 9.59 Å². The molecule has 6 heteroatoms. The molecule has 2 aromatic carbocycles. The molecule has 0 aliphatic heterocycles. The molecule has 0 atom stereocenters. The topological polar surface area (TPSA) is 58.2 Å². The van der Waals surface area contributed by atoms with E-state index in [1.54, 1.807) is 12.1 Å². The van der Waals surface area contributed by atoms with E-state index in [1.165, 1.54) is 6.07 Å². The maximum atomic E-state index is 13.5. The summed E-state index contributed by atoms with van der Waals surface area (Å²) in [6, 6.07) is 10.4. The molecule has 2 amide bonds. The Bertz CT molecular complexity index is 727. The Labute approximate surface area is 138 Å². The van der Waals surface area contributed by atoms with Gasteiger partial charge in [0.25, 0.3) is 11.8 Å². The number of nitrogens with one attached hydrogen (secondary N) is 2. The number of hydrogen-bond acceptors (Lipinski definition) is 2. The molecule has 0 aliphatic carbocycles. The average molecular weight is 332 g/mol. The Morgan fingerprint density at radius 2 is 1.46 bits per heavy atom. The van der Waals surface area contributed by atoms with Crippen LogP contribution >= 0.6 is 0 Å². The molecule has 24 heavy (non-hydrogen) atoms. The first-order chi connectivity index (χ1) is 11.5. The van der Waals surface area contributed by atoms with Crippen LogP contribution in [0.5, 0.6) is 0 Å². The molecule has 0 unspecified atom stereocenters. The van der Waals surface area contributed by atoms with Crippen LogP contribution in [0.15, 0.2) is 42.5 Å². The van der Waals surface area contributed by atoms with Crippen molar-refractivity contribution in [1.82, 2.24) is 10.6 Å². The Morgan fingerprint density at radius 1 is 0.875 bits per heavy atom. The van der Waals surface area contributed by atoms with E-state index in [1.807, 2.05) is 19.1 Å². The normalized spacial score (nSPS) is 10.3. The van der Waals surface area contributed by atoms with E-state index in [4.69, 9.17) is 0 Å². The maximum absolute atomic E-state index is 13.5. The minimum absolute atomic E-state index is 0.0621. The highest BCUT2D eigenvalue weighted by atomic mass is 19.1. The highest BCUT2D eigenvalue weighted by Crippen LogP contribution is 2.11. The predicted molar refractivity (Wildman–Crippen MR) is 86.8 cm³/mol. The van der Waals surface area contributed by atoms with Gasteiger partial charge in [-0.05, 0) is 30.2 Å². The summed E-state index contributed by atoms with van der Waals surface area (Å²) in [4.78, 5) is 23.9. The largest absolute Gasteiger partial charge is 0.350 e. The van der Waals surface area contributed by atoms with Gasteiger partial charge in [0.2, 0.25) is 0 Å². The monoisotopic (exact) mass is 332 g/mol. The minimum atomic E-state index is -0.923. The van der Waals surface area contributed by atoms with Gasteiger partial charge in [-0.15, -0.1) is 0 Å². The molecule has 0 aliphatic rings. The van der Waals surface area contributed by atoms with Crippen molar-refractivity contribution in [1.29, 1.82) is 0 Å². The van der Waals surface area contributed by atoms with Crippen LogP contribution in [0.25, 0.3) is 0 Å². The maximum Gasteiger partial charge on any atom is 0.257 e. The Hall–Kier alpha value is -2.76. The first kappa shape index (κ1) is 17.6. The molecule has 0 bridgehead atoms. The van der Waals surface area contributed by atoms with Crippen molar-refractivity contribution < 1.29 is 18.4 Å². The summed E-state index contributed by atoms with van der Waals surface area (Å²) in [6.45, 7) is 2.17. The zero-order chi connectivity index (χ0) is 17.5. The molecule has 2 N–H and O–H groups in total. The standard InChI is InChI=1S/C18H18F2N2O2/c1-2-12-6-3-4-7-13(12)17(23)21-10-11-22-18(24)16-14(19)8-5-9-15(16)20/h3-9H,2,10-11H2,1H3,(H,21,23)(H,22,24). The fraction of sp³-hybridized carbons (Fsp3) is 0.222. The number of benzene rings is 2. The number of hydrogen-bond donors (Lipinski definition) is 2. The van der Waals surface area contributed by atoms with Crippen molar-refractivity contribution in [2.24, 2.45) is 0 Å². The number of aryl methyl sites for hydroxylation is 1. The molecule has 0 spiro atoms. The molecule has 0 radical (unpaired) electrons. The van der Waals surface area contributed by atoms with E-state index in [0.717, 1.165) is 24.1 Å². The van der Waals surface area contributed by atoms with Gasteiger partial charge < -0.3 is 10.6 Å². The number of carbonyl (C=O) groups is 2. The summed E-state index contributed by atoms with van der Waals surface area (Å²) in [6.07, 6.45) is 0.729. The molecular formula is C18H18F2N2O2. The second-order valence-corrected chi connectivity index (χ2v) is 5.12. The van der Waals surface area contributed by atoms with Crippen molar-refractivity contribution in [3.63, 3.8) is 0 Å². The number of rotatable bonds is 6. The minimum Gasteiger partial charge on any atom is -0.350 e. The second-order valence-electron chi connectivity index (χ2n) is 5.12. The molecule has 0 saturated heterocycles. The van der Waals surface area contributed by atoms with Crippen LogP contribution in [-0.2, 0) is 6.42 Å². The van der Waals surface area contributed by atoms with E-state index in [0.29, 0.717) is 5.56 Å². The zero-order valence-electron chi connectivity index (χ0n) is 13.2. The van der Waals surface area contributed by atoms with Gasteiger partial charge in [0.05, 0.1) is 0 Å². The molecule has 0 aromatic heterocycles. The third kappa shape index (κ3) is 4.16. The van der Waals surface area contributed by atoms with E-state index in [2.05, 4.69) is 10.6 Å². The van der Waals surface area contributed by atoms with Gasteiger partial charge in [-0.25, -0.2) is 8.78 Å². The van der Waals surface area contributed by atoms with Crippen molar-refractivity contribution >= 4 is 11.8 Å². The predicted octanol–water partition coefficient (Wildman–Crippen LogP) is 2.69. The lowest BCUT2D eigenvalue weighted by molar-refractivity contribution is 0.0922. The molecular weight excluding hydrogens is 314 g/mol. The van der Waals surface area contributed by atoms with Crippen LogP contribution < -0.4 is 10.6 Å². The van der Waals surface area contributed by atoms with Crippen LogP contribution in [0.3, 0.4) is 0 Å². The lowest BCUT2D eigenvalue weighted by atomic mass is 10.0. The lowest BCUT2D eigenvalue weighted by Gasteiger charge is -2.10. The summed E-state index contributed by atoms with van der Waals surface area (Å²) < 4.78 is 26.9. The van der Waals surface area contributed by atoms with E-state index in [-0.39, 0.29) is 19.0 Å². The van der Waals surface area contributed by atoms with Gasteiger partial charge in [-0.2, -0.15) is 0 Å². The second kappa shape index (κ2) is 8.19. The van der Waals surface area contributed by atoms with Crippen molar-refractivity contribution in [3.8, 4) is 0 Å². The Morgan fingerprint density at radius 3 is 2.08 bits per heavy atom. The summed E-state index contributed by atoms with van der Waals surface area (Å²) in [5.41, 5.74) is 0.874. The molecule has 0 heterocycles. The van der Waals surface area contributed by atoms with Crippen molar-refractivity contribution in [3.05, 3.63) is 70.8 Å². The quantitative estimate of drug-likeness (QED) is 0.799. The third-order valence-corrected chi connectivity index (χ3v) is 3.53. The molecule has 2 rings (SSSR count). The Kier molecular flexibility index (Phi) is 6.01. The molecule has 0 fully saturated rings. The fourth-order valence-corrected chi connectivity index (χ4v) is 2.30. The first-order valence-corrected chi connectivity index (χ1v) is 7.63. The van der Waals surface area contributed by atoms with Crippen LogP contribution in [0.4, 0.5) is 8.78 Å². The summed E-state index contributed by atoms with van der Waals surface area (Å²) >= 11 is 0. The lowest BCUT2D eigenvalue weighted by Crippen LogP contribution is -2.35. The smallest absolute Gasteiger partial charge is 0.257 e. The van der Waals surface area contributed by atoms with E-state index in [9.17, 15) is 18.4 Å². The summed E-state index contributed by atoms with van der Waals surface area (Å²) in [7, 11) is 0. The fourth-order valence-electron chi connectivity index (χ4n) is 2.30. The molecule has 4 nitrogen and oxygen atoms in total. The third-order valence-electron chi connectivity index (χ3n) is 3.53. The molecule has 2 aromatic rings. The number of carbonyl (C=O) groups excluding carboxylic acids is 2. The van der Waals surface area contributed by atoms with Gasteiger partial charge in [0.15, 0.2) is 0 Å². The van der Waals surface area contributed by atoms with Gasteiger partial charge in [0.1, 0.15) is 17.2 Å². The van der Waals surface area contributed by atoms with E-state index >= 15 is 0 Å². The SMILES string of the molecule is CCc1ccccc1C(=O)NCCNC(=O)c1c(F)cccc1F. The summed E-state index contributed by atoms with van der Waals surface area (Å²) in [5, 5.41) is 5.05. The molecule has 0 saturated carbocycles. The highest BCUT2D eigenvalue weighted by Gasteiger charge is 2.16. The van der Waals surface area contributed by atoms with Crippen LogP contribution in [0, 0.1) is 11.6 Å².